The molecule has 0 unspecified atom stereocenters. The monoisotopic (exact) mass is 382 g/mol. The number of carbonyl (C=O) groups excluding carboxylic acids is 1. The van der Waals surface area contributed by atoms with Crippen LogP contribution >= 0.6 is 11.8 Å². The number of hydrogen-bond donors (Lipinski definition) is 1. The number of carbonyl (C=O) groups is 1. The normalized spacial score (nSPS) is 11.8. The molecule has 0 saturated heterocycles. The summed E-state index contributed by atoms with van der Waals surface area (Å²) in [5.41, 5.74) is 2.02. The number of methoxy groups -OCH3 is 1. The Bertz CT molecular complexity index is 865. The van der Waals surface area contributed by atoms with Crippen molar-refractivity contribution in [3.63, 3.8) is 0 Å². The van der Waals surface area contributed by atoms with E-state index in [1.165, 1.54) is 11.8 Å². The van der Waals surface area contributed by atoms with Crippen LogP contribution in [0, 0.1) is 0 Å². The lowest BCUT2D eigenvalue weighted by Gasteiger charge is -2.20. The summed E-state index contributed by atoms with van der Waals surface area (Å²) in [5, 5.41) is 11.8. The van der Waals surface area contributed by atoms with Gasteiger partial charge < -0.3 is 14.6 Å². The van der Waals surface area contributed by atoms with E-state index in [0.717, 1.165) is 28.6 Å². The SMILES string of the molecule is CCn1cnnc1SCC(=O)N[C@@H](c1ccccc1)c1ccc(OC)cc1. The quantitative estimate of drug-likeness (QED) is 0.606. The third-order valence-corrected chi connectivity index (χ3v) is 5.12. The molecule has 1 heterocycles. The second-order valence-electron chi connectivity index (χ2n) is 5.87. The molecule has 0 saturated carbocycles. The van der Waals surface area contributed by atoms with E-state index < -0.39 is 0 Å². The smallest absolute Gasteiger partial charge is 0.231 e. The van der Waals surface area contributed by atoms with Crippen LogP contribution in [0.2, 0.25) is 0 Å². The highest BCUT2D eigenvalue weighted by atomic mass is 32.2. The Kier molecular flexibility index (Phi) is 6.49. The maximum atomic E-state index is 12.6. The minimum absolute atomic E-state index is 0.0599. The molecule has 0 spiro atoms. The van der Waals surface area contributed by atoms with Crippen molar-refractivity contribution in [2.45, 2.75) is 24.7 Å². The van der Waals surface area contributed by atoms with Crippen LogP contribution in [0.3, 0.4) is 0 Å². The van der Waals surface area contributed by atoms with Gasteiger partial charge in [0.05, 0.1) is 18.9 Å². The number of aromatic nitrogens is 3. The molecule has 6 nitrogen and oxygen atoms in total. The number of thioether (sulfide) groups is 1. The largest absolute Gasteiger partial charge is 0.497 e. The predicted octanol–water partition coefficient (Wildman–Crippen LogP) is 3.30. The van der Waals surface area contributed by atoms with Crippen LogP contribution in [-0.4, -0.2) is 33.5 Å². The zero-order valence-electron chi connectivity index (χ0n) is 15.3. The minimum atomic E-state index is -0.228. The van der Waals surface area contributed by atoms with Crippen molar-refractivity contribution in [1.82, 2.24) is 20.1 Å². The van der Waals surface area contributed by atoms with E-state index in [1.54, 1.807) is 13.4 Å². The van der Waals surface area contributed by atoms with Gasteiger partial charge in [-0.15, -0.1) is 10.2 Å². The zero-order chi connectivity index (χ0) is 19.1. The van der Waals surface area contributed by atoms with E-state index in [1.807, 2.05) is 66.1 Å². The minimum Gasteiger partial charge on any atom is -0.497 e. The van der Waals surface area contributed by atoms with Gasteiger partial charge in [-0.1, -0.05) is 54.2 Å². The summed E-state index contributed by atoms with van der Waals surface area (Å²) >= 11 is 1.38. The lowest BCUT2D eigenvalue weighted by molar-refractivity contribution is -0.119. The second-order valence-corrected chi connectivity index (χ2v) is 6.82. The summed E-state index contributed by atoms with van der Waals surface area (Å²) in [6.07, 6.45) is 1.67. The maximum absolute atomic E-state index is 12.6. The molecule has 3 aromatic rings. The van der Waals surface area contributed by atoms with E-state index in [4.69, 9.17) is 4.74 Å². The van der Waals surface area contributed by atoms with Crippen LogP contribution in [-0.2, 0) is 11.3 Å². The third kappa shape index (κ3) is 4.89. The summed E-state index contributed by atoms with van der Waals surface area (Å²) in [5.74, 6) is 1.000. The highest BCUT2D eigenvalue weighted by molar-refractivity contribution is 7.99. The number of rotatable bonds is 8. The third-order valence-electron chi connectivity index (χ3n) is 4.14. The number of nitrogens with one attached hydrogen (secondary N) is 1. The van der Waals surface area contributed by atoms with Gasteiger partial charge in [-0.25, -0.2) is 0 Å². The highest BCUT2D eigenvalue weighted by Crippen LogP contribution is 2.24. The van der Waals surface area contributed by atoms with Gasteiger partial charge in [0.25, 0.3) is 0 Å². The fraction of sp³-hybridized carbons (Fsp3) is 0.250. The molecule has 1 N–H and O–H groups in total. The number of ether oxygens (including phenoxy) is 1. The molecule has 1 atom stereocenters. The first kappa shape index (κ1) is 19.0. The fourth-order valence-electron chi connectivity index (χ4n) is 2.71. The highest BCUT2D eigenvalue weighted by Gasteiger charge is 2.17. The van der Waals surface area contributed by atoms with Crippen LogP contribution in [0.1, 0.15) is 24.1 Å². The van der Waals surface area contributed by atoms with Gasteiger partial charge in [-0.3, -0.25) is 4.79 Å². The van der Waals surface area contributed by atoms with Crippen molar-refractivity contribution in [3.05, 3.63) is 72.1 Å². The van der Waals surface area contributed by atoms with Gasteiger partial charge in [0.15, 0.2) is 5.16 Å². The first-order valence-corrected chi connectivity index (χ1v) is 9.68. The van der Waals surface area contributed by atoms with Crippen molar-refractivity contribution < 1.29 is 9.53 Å². The number of aryl methyl sites for hydroxylation is 1. The predicted molar refractivity (Wildman–Crippen MR) is 106 cm³/mol. The van der Waals surface area contributed by atoms with Crippen LogP contribution in [0.25, 0.3) is 0 Å². The fourth-order valence-corrected chi connectivity index (χ4v) is 3.50. The number of benzene rings is 2. The number of nitrogens with zero attached hydrogens (tertiary/aromatic N) is 3. The summed E-state index contributed by atoms with van der Waals surface area (Å²) in [6.45, 7) is 2.79. The van der Waals surface area contributed by atoms with Crippen LogP contribution in [0.5, 0.6) is 5.75 Å². The Hall–Kier alpha value is -2.80. The lowest BCUT2D eigenvalue weighted by Crippen LogP contribution is -2.30. The molecule has 0 bridgehead atoms. The first-order valence-electron chi connectivity index (χ1n) is 8.70. The standard InChI is InChI=1S/C20H22N4O2S/c1-3-24-14-21-23-20(24)27-13-18(25)22-19(15-7-5-4-6-8-15)16-9-11-17(26-2)12-10-16/h4-12,14,19H,3,13H2,1-2H3,(H,22,25)/t19-/m0/s1. The number of amides is 1. The molecular formula is C20H22N4O2S. The van der Waals surface area contributed by atoms with Crippen molar-refractivity contribution in [1.29, 1.82) is 0 Å². The molecule has 27 heavy (non-hydrogen) atoms. The Morgan fingerprint density at radius 2 is 1.85 bits per heavy atom. The molecule has 7 heteroatoms. The molecule has 0 radical (unpaired) electrons. The van der Waals surface area contributed by atoms with Crippen LogP contribution < -0.4 is 10.1 Å². The van der Waals surface area contributed by atoms with Crippen molar-refractivity contribution in [2.75, 3.05) is 12.9 Å². The average molecular weight is 382 g/mol. The maximum Gasteiger partial charge on any atom is 0.231 e. The summed E-state index contributed by atoms with van der Waals surface area (Å²) < 4.78 is 7.14. The van der Waals surface area contributed by atoms with E-state index in [2.05, 4.69) is 15.5 Å². The topological polar surface area (TPSA) is 69.0 Å². The average Bonchev–Trinajstić information content (AvgIpc) is 3.19. The summed E-state index contributed by atoms with van der Waals surface area (Å²) in [6, 6.07) is 17.4. The van der Waals surface area contributed by atoms with Crippen molar-refractivity contribution >= 4 is 17.7 Å². The van der Waals surface area contributed by atoms with Crippen molar-refractivity contribution in [2.24, 2.45) is 0 Å². The molecule has 0 aliphatic carbocycles. The molecule has 0 aliphatic rings. The zero-order valence-corrected chi connectivity index (χ0v) is 16.1. The van der Waals surface area contributed by atoms with E-state index in [-0.39, 0.29) is 17.7 Å². The van der Waals surface area contributed by atoms with E-state index >= 15 is 0 Å². The van der Waals surface area contributed by atoms with Crippen LogP contribution in [0.15, 0.2) is 66.1 Å². The van der Waals surface area contributed by atoms with E-state index in [9.17, 15) is 4.79 Å². The van der Waals surface area contributed by atoms with Gasteiger partial charge in [-0.2, -0.15) is 0 Å². The van der Waals surface area contributed by atoms with E-state index in [0.29, 0.717) is 0 Å². The van der Waals surface area contributed by atoms with Gasteiger partial charge in [-0.05, 0) is 30.2 Å². The van der Waals surface area contributed by atoms with Gasteiger partial charge in [0, 0.05) is 6.54 Å². The second kappa shape index (κ2) is 9.23. The lowest BCUT2D eigenvalue weighted by atomic mass is 9.98. The number of hydrogen-bond acceptors (Lipinski definition) is 5. The Labute approximate surface area is 163 Å². The molecule has 3 rings (SSSR count). The molecule has 0 fully saturated rings. The van der Waals surface area contributed by atoms with Gasteiger partial charge in [0.2, 0.25) is 5.91 Å². The van der Waals surface area contributed by atoms with Gasteiger partial charge >= 0.3 is 0 Å². The summed E-state index contributed by atoms with van der Waals surface area (Å²) in [4.78, 5) is 12.6. The van der Waals surface area contributed by atoms with Gasteiger partial charge in [0.1, 0.15) is 12.1 Å². The molecule has 2 aromatic carbocycles. The Morgan fingerprint density at radius 1 is 1.15 bits per heavy atom. The summed E-state index contributed by atoms with van der Waals surface area (Å²) in [7, 11) is 1.64. The van der Waals surface area contributed by atoms with Crippen molar-refractivity contribution in [3.8, 4) is 5.75 Å². The molecule has 0 aliphatic heterocycles. The Balaban J connectivity index is 1.73. The molecule has 140 valence electrons. The molecule has 1 aromatic heterocycles. The van der Waals surface area contributed by atoms with Crippen LogP contribution in [0.4, 0.5) is 0 Å². The Morgan fingerprint density at radius 3 is 2.52 bits per heavy atom. The molecular weight excluding hydrogens is 360 g/mol. The molecule has 1 amide bonds. The first-order chi connectivity index (χ1) is 13.2.